The summed E-state index contributed by atoms with van der Waals surface area (Å²) in [6.45, 7) is 3.06. The molecule has 1 aliphatic carbocycles. The molecular weight excluding hydrogens is 274 g/mol. The van der Waals surface area contributed by atoms with Crippen LogP contribution in [-0.4, -0.2) is 28.5 Å². The quantitative estimate of drug-likeness (QED) is 0.896. The van der Waals surface area contributed by atoms with Crippen LogP contribution in [0.2, 0.25) is 0 Å². The molecule has 0 radical (unpaired) electrons. The maximum Gasteiger partial charge on any atom is 0.318 e. The lowest BCUT2D eigenvalue weighted by atomic mass is 9.79. The fraction of sp³-hybridized carbons (Fsp3) is 0.667. The highest BCUT2D eigenvalue weighted by Gasteiger charge is 2.37. The van der Waals surface area contributed by atoms with Crippen LogP contribution in [0, 0.1) is 5.92 Å². The summed E-state index contributed by atoms with van der Waals surface area (Å²) in [5.41, 5.74) is 0.970. The zero-order valence-corrected chi connectivity index (χ0v) is 13.5. The molecule has 1 saturated heterocycles. The second kappa shape index (κ2) is 7.12. The SMILES string of the molecule is CCCC(NC(=O)N1CCCC1C1CCC1)c1ccccn1. The van der Waals surface area contributed by atoms with Gasteiger partial charge in [0.25, 0.3) is 0 Å². The summed E-state index contributed by atoms with van der Waals surface area (Å²) >= 11 is 0. The molecule has 1 aliphatic heterocycles. The predicted octanol–water partition coefficient (Wildman–Crippen LogP) is 3.90. The lowest BCUT2D eigenvalue weighted by Gasteiger charge is -2.37. The van der Waals surface area contributed by atoms with Gasteiger partial charge in [-0.05, 0) is 50.2 Å². The van der Waals surface area contributed by atoms with Crippen LogP contribution in [0.5, 0.6) is 0 Å². The van der Waals surface area contributed by atoms with Crippen LogP contribution in [-0.2, 0) is 0 Å². The van der Waals surface area contributed by atoms with Crippen LogP contribution in [0.1, 0.15) is 63.6 Å². The van der Waals surface area contributed by atoms with E-state index in [1.807, 2.05) is 18.2 Å². The minimum absolute atomic E-state index is 0.0290. The number of amides is 2. The highest BCUT2D eigenvalue weighted by Crippen LogP contribution is 2.37. The number of hydrogen-bond acceptors (Lipinski definition) is 2. The fourth-order valence-electron chi connectivity index (χ4n) is 3.76. The molecule has 2 heterocycles. The first-order valence-electron chi connectivity index (χ1n) is 8.77. The lowest BCUT2D eigenvalue weighted by Crippen LogP contribution is -2.48. The molecule has 22 heavy (non-hydrogen) atoms. The second-order valence-corrected chi connectivity index (χ2v) is 6.64. The summed E-state index contributed by atoms with van der Waals surface area (Å²) in [5, 5.41) is 3.23. The normalized spacial score (nSPS) is 23.1. The van der Waals surface area contributed by atoms with Crippen LogP contribution in [0.3, 0.4) is 0 Å². The molecule has 1 saturated carbocycles. The van der Waals surface area contributed by atoms with Crippen molar-refractivity contribution in [1.82, 2.24) is 15.2 Å². The average molecular weight is 301 g/mol. The topological polar surface area (TPSA) is 45.2 Å². The molecule has 2 aliphatic rings. The van der Waals surface area contributed by atoms with E-state index in [0.717, 1.165) is 37.4 Å². The van der Waals surface area contributed by atoms with Crippen molar-refractivity contribution in [2.75, 3.05) is 6.54 Å². The van der Waals surface area contributed by atoms with Gasteiger partial charge in [-0.1, -0.05) is 25.8 Å². The van der Waals surface area contributed by atoms with E-state index < -0.39 is 0 Å². The molecule has 1 N–H and O–H groups in total. The van der Waals surface area contributed by atoms with Gasteiger partial charge in [0.05, 0.1) is 11.7 Å². The number of urea groups is 1. The van der Waals surface area contributed by atoms with Crippen LogP contribution < -0.4 is 5.32 Å². The van der Waals surface area contributed by atoms with E-state index >= 15 is 0 Å². The van der Waals surface area contributed by atoms with Gasteiger partial charge in [-0.15, -0.1) is 0 Å². The van der Waals surface area contributed by atoms with Crippen LogP contribution >= 0.6 is 0 Å². The van der Waals surface area contributed by atoms with E-state index in [2.05, 4.69) is 22.1 Å². The summed E-state index contributed by atoms with van der Waals surface area (Å²) in [6.07, 6.45) is 10.0. The smallest absolute Gasteiger partial charge is 0.318 e. The summed E-state index contributed by atoms with van der Waals surface area (Å²) < 4.78 is 0. The van der Waals surface area contributed by atoms with Crippen molar-refractivity contribution < 1.29 is 4.79 Å². The number of nitrogens with zero attached hydrogens (tertiary/aromatic N) is 2. The van der Waals surface area contributed by atoms with E-state index in [9.17, 15) is 4.79 Å². The third kappa shape index (κ3) is 3.26. The van der Waals surface area contributed by atoms with Crippen molar-refractivity contribution in [2.45, 2.75) is 64.0 Å². The van der Waals surface area contributed by atoms with Crippen molar-refractivity contribution in [2.24, 2.45) is 5.92 Å². The van der Waals surface area contributed by atoms with E-state index in [4.69, 9.17) is 0 Å². The third-order valence-corrected chi connectivity index (χ3v) is 5.17. The number of pyridine rings is 1. The van der Waals surface area contributed by atoms with Crippen molar-refractivity contribution in [3.05, 3.63) is 30.1 Å². The Morgan fingerprint density at radius 2 is 2.23 bits per heavy atom. The van der Waals surface area contributed by atoms with Crippen molar-refractivity contribution in [3.8, 4) is 0 Å². The molecule has 1 aromatic heterocycles. The molecule has 0 spiro atoms. The Hall–Kier alpha value is -1.58. The minimum atomic E-state index is 0.0290. The van der Waals surface area contributed by atoms with Crippen molar-refractivity contribution >= 4 is 6.03 Å². The maximum absolute atomic E-state index is 12.7. The van der Waals surface area contributed by atoms with Gasteiger partial charge in [0.2, 0.25) is 0 Å². The van der Waals surface area contributed by atoms with Crippen LogP contribution in [0.15, 0.2) is 24.4 Å². The van der Waals surface area contributed by atoms with E-state index in [1.54, 1.807) is 6.20 Å². The van der Waals surface area contributed by atoms with E-state index in [-0.39, 0.29) is 12.1 Å². The lowest BCUT2D eigenvalue weighted by molar-refractivity contribution is 0.136. The molecule has 4 heteroatoms. The van der Waals surface area contributed by atoms with Crippen molar-refractivity contribution in [3.63, 3.8) is 0 Å². The maximum atomic E-state index is 12.7. The fourth-order valence-corrected chi connectivity index (χ4v) is 3.76. The first-order valence-corrected chi connectivity index (χ1v) is 8.77. The first kappa shape index (κ1) is 15.3. The van der Waals surface area contributed by atoms with E-state index in [0.29, 0.717) is 6.04 Å². The molecule has 0 aromatic carbocycles. The minimum Gasteiger partial charge on any atom is -0.330 e. The van der Waals surface area contributed by atoms with Gasteiger partial charge in [-0.3, -0.25) is 4.98 Å². The number of carbonyl (C=O) groups excluding carboxylic acids is 1. The van der Waals surface area contributed by atoms with Gasteiger partial charge in [0.15, 0.2) is 0 Å². The monoisotopic (exact) mass is 301 g/mol. The zero-order chi connectivity index (χ0) is 15.4. The van der Waals surface area contributed by atoms with Gasteiger partial charge < -0.3 is 10.2 Å². The Balaban J connectivity index is 1.65. The molecule has 120 valence electrons. The Kier molecular flexibility index (Phi) is 4.96. The standard InChI is InChI=1S/C18H27N3O/c1-2-7-16(15-10-3-4-12-19-15)20-18(22)21-13-6-11-17(21)14-8-5-9-14/h3-4,10,12,14,16-17H,2,5-9,11,13H2,1H3,(H,20,22). The van der Waals surface area contributed by atoms with E-state index in [1.165, 1.54) is 25.7 Å². The van der Waals surface area contributed by atoms with Crippen LogP contribution in [0.25, 0.3) is 0 Å². The largest absolute Gasteiger partial charge is 0.330 e. The Bertz CT molecular complexity index is 486. The van der Waals surface area contributed by atoms with Gasteiger partial charge >= 0.3 is 6.03 Å². The molecule has 0 bridgehead atoms. The van der Waals surface area contributed by atoms with Gasteiger partial charge in [0, 0.05) is 18.8 Å². The third-order valence-electron chi connectivity index (χ3n) is 5.17. The number of carbonyl (C=O) groups is 1. The Labute approximate surface area is 133 Å². The summed E-state index contributed by atoms with van der Waals surface area (Å²) in [7, 11) is 0. The molecule has 2 atom stereocenters. The van der Waals surface area contributed by atoms with Gasteiger partial charge in [0.1, 0.15) is 0 Å². The number of hydrogen-bond donors (Lipinski definition) is 1. The highest BCUT2D eigenvalue weighted by molar-refractivity contribution is 5.75. The second-order valence-electron chi connectivity index (χ2n) is 6.64. The molecule has 1 aromatic rings. The molecule has 2 amide bonds. The Morgan fingerprint density at radius 1 is 1.36 bits per heavy atom. The molecule has 2 unspecified atom stereocenters. The summed E-state index contributed by atoms with van der Waals surface area (Å²) in [6, 6.07) is 6.53. The number of rotatable bonds is 5. The number of nitrogens with one attached hydrogen (secondary N) is 1. The first-order chi connectivity index (χ1) is 10.8. The molecule has 2 fully saturated rings. The highest BCUT2D eigenvalue weighted by atomic mass is 16.2. The molecular formula is C18H27N3O. The van der Waals surface area contributed by atoms with Crippen LogP contribution in [0.4, 0.5) is 4.79 Å². The average Bonchev–Trinajstić information content (AvgIpc) is 2.95. The van der Waals surface area contributed by atoms with Crippen molar-refractivity contribution in [1.29, 1.82) is 0 Å². The molecule has 3 rings (SSSR count). The summed E-state index contributed by atoms with van der Waals surface area (Å²) in [5.74, 6) is 0.743. The summed E-state index contributed by atoms with van der Waals surface area (Å²) in [4.78, 5) is 19.3. The predicted molar refractivity (Wildman–Crippen MR) is 87.5 cm³/mol. The molecule has 4 nitrogen and oxygen atoms in total. The number of aromatic nitrogens is 1. The van der Waals surface area contributed by atoms with Gasteiger partial charge in [-0.25, -0.2) is 4.79 Å². The van der Waals surface area contributed by atoms with Gasteiger partial charge in [-0.2, -0.15) is 0 Å². The Morgan fingerprint density at radius 3 is 2.86 bits per heavy atom. The number of likely N-dealkylation sites (tertiary alicyclic amines) is 1. The zero-order valence-electron chi connectivity index (χ0n) is 13.5.